The summed E-state index contributed by atoms with van der Waals surface area (Å²) in [6.07, 6.45) is 5.09. The third-order valence-electron chi connectivity index (χ3n) is 2.33. The Morgan fingerprint density at radius 2 is 2.35 bits per heavy atom. The Morgan fingerprint density at radius 1 is 1.59 bits per heavy atom. The lowest BCUT2D eigenvalue weighted by atomic mass is 10.3. The molecule has 0 N–H and O–H groups in total. The van der Waals surface area contributed by atoms with E-state index in [0.717, 1.165) is 5.69 Å². The number of rotatable bonds is 3. The molecule has 0 amide bonds. The maximum Gasteiger partial charge on any atom is 0.278 e. The summed E-state index contributed by atoms with van der Waals surface area (Å²) >= 11 is 1.44. The van der Waals surface area contributed by atoms with Gasteiger partial charge in [0.1, 0.15) is 5.52 Å². The van der Waals surface area contributed by atoms with Gasteiger partial charge in [-0.2, -0.15) is 5.10 Å². The van der Waals surface area contributed by atoms with Crippen molar-refractivity contribution < 1.29 is 0 Å². The summed E-state index contributed by atoms with van der Waals surface area (Å²) in [7, 11) is 0. The molecule has 0 fully saturated rings. The van der Waals surface area contributed by atoms with Crippen molar-refractivity contribution >= 4 is 22.7 Å². The Hall–Kier alpha value is -1.69. The van der Waals surface area contributed by atoms with Crippen LogP contribution in [0.25, 0.3) is 10.9 Å². The standard InChI is InChI=1S/C11H12N4OS/c1-4-5-15-10(16)8-6-12-11(17-3)13-9(8)7(2)14-15/h4,6H,1,5H2,2-3H3. The summed E-state index contributed by atoms with van der Waals surface area (Å²) in [5.41, 5.74) is 1.16. The highest BCUT2D eigenvalue weighted by Crippen LogP contribution is 2.14. The van der Waals surface area contributed by atoms with Crippen LogP contribution in [0.5, 0.6) is 0 Å². The Balaban J connectivity index is 2.77. The summed E-state index contributed by atoms with van der Waals surface area (Å²) < 4.78 is 1.37. The molecule has 0 aliphatic rings. The van der Waals surface area contributed by atoms with Gasteiger partial charge in [0.25, 0.3) is 5.56 Å². The number of thioether (sulfide) groups is 1. The molecule has 0 saturated carbocycles. The van der Waals surface area contributed by atoms with Gasteiger partial charge in [0.05, 0.1) is 17.6 Å². The molecule has 2 aromatic rings. The molecule has 0 aliphatic carbocycles. The van der Waals surface area contributed by atoms with Crippen LogP contribution in [-0.2, 0) is 6.54 Å². The maximum atomic E-state index is 12.0. The molecule has 2 heterocycles. The van der Waals surface area contributed by atoms with Gasteiger partial charge in [0.2, 0.25) is 0 Å². The van der Waals surface area contributed by atoms with Crippen molar-refractivity contribution in [2.24, 2.45) is 0 Å². The van der Waals surface area contributed by atoms with Crippen molar-refractivity contribution in [1.29, 1.82) is 0 Å². The fraction of sp³-hybridized carbons (Fsp3) is 0.273. The zero-order chi connectivity index (χ0) is 12.4. The lowest BCUT2D eigenvalue weighted by Gasteiger charge is -2.06. The zero-order valence-electron chi connectivity index (χ0n) is 9.67. The molecule has 2 rings (SSSR count). The molecule has 0 spiro atoms. The van der Waals surface area contributed by atoms with E-state index < -0.39 is 0 Å². The fourth-order valence-electron chi connectivity index (χ4n) is 1.56. The van der Waals surface area contributed by atoms with E-state index >= 15 is 0 Å². The number of hydrogen-bond acceptors (Lipinski definition) is 5. The quantitative estimate of drug-likeness (QED) is 0.467. The predicted octanol–water partition coefficient (Wildman–Crippen LogP) is 1.40. The summed E-state index contributed by atoms with van der Waals surface area (Å²) in [6.45, 7) is 5.82. The second kappa shape index (κ2) is 4.67. The van der Waals surface area contributed by atoms with Crippen LogP contribution in [-0.4, -0.2) is 26.0 Å². The summed E-state index contributed by atoms with van der Waals surface area (Å²) in [5.74, 6) is 0. The molecule has 0 aromatic carbocycles. The number of allylic oxidation sites excluding steroid dienone is 1. The predicted molar refractivity (Wildman–Crippen MR) is 68.3 cm³/mol. The molecule has 6 heteroatoms. The van der Waals surface area contributed by atoms with E-state index in [4.69, 9.17) is 0 Å². The van der Waals surface area contributed by atoms with Gasteiger partial charge in [0.15, 0.2) is 5.16 Å². The van der Waals surface area contributed by atoms with E-state index in [1.165, 1.54) is 16.4 Å². The third-order valence-corrected chi connectivity index (χ3v) is 2.89. The number of hydrogen-bond donors (Lipinski definition) is 0. The molecule has 2 aromatic heterocycles. The van der Waals surface area contributed by atoms with Gasteiger partial charge in [-0.15, -0.1) is 6.58 Å². The van der Waals surface area contributed by atoms with Crippen molar-refractivity contribution in [3.05, 3.63) is 34.9 Å². The van der Waals surface area contributed by atoms with Crippen LogP contribution < -0.4 is 5.56 Å². The molecule has 17 heavy (non-hydrogen) atoms. The SMILES string of the molecule is C=CCn1nc(C)c2nc(SC)ncc2c1=O. The minimum absolute atomic E-state index is 0.182. The Labute approximate surface area is 103 Å². The van der Waals surface area contributed by atoms with Crippen LogP contribution in [0.15, 0.2) is 28.8 Å². The van der Waals surface area contributed by atoms with Crippen LogP contribution in [0, 0.1) is 6.92 Å². The highest BCUT2D eigenvalue weighted by Gasteiger charge is 2.09. The maximum absolute atomic E-state index is 12.0. The summed E-state index contributed by atoms with van der Waals surface area (Å²) in [4.78, 5) is 20.5. The highest BCUT2D eigenvalue weighted by molar-refractivity contribution is 7.98. The van der Waals surface area contributed by atoms with Crippen molar-refractivity contribution in [2.75, 3.05) is 6.26 Å². The van der Waals surface area contributed by atoms with Crippen LogP contribution in [0.3, 0.4) is 0 Å². The summed E-state index contributed by atoms with van der Waals surface area (Å²) in [6, 6.07) is 0. The first-order valence-electron chi connectivity index (χ1n) is 5.06. The average molecular weight is 248 g/mol. The molecular formula is C11H12N4OS. The molecule has 0 radical (unpaired) electrons. The van der Waals surface area contributed by atoms with Gasteiger partial charge in [-0.3, -0.25) is 4.79 Å². The summed E-state index contributed by atoms with van der Waals surface area (Å²) in [5, 5.41) is 5.34. The molecule has 0 bridgehead atoms. The topological polar surface area (TPSA) is 60.7 Å². The number of aromatic nitrogens is 4. The van der Waals surface area contributed by atoms with Crippen molar-refractivity contribution in [3.8, 4) is 0 Å². The lowest BCUT2D eigenvalue weighted by molar-refractivity contribution is 0.648. The van der Waals surface area contributed by atoms with Gasteiger partial charge >= 0.3 is 0 Å². The van der Waals surface area contributed by atoms with Gasteiger partial charge in [-0.1, -0.05) is 17.8 Å². The minimum Gasteiger partial charge on any atom is -0.267 e. The largest absolute Gasteiger partial charge is 0.278 e. The van der Waals surface area contributed by atoms with Crippen LogP contribution in [0.1, 0.15) is 5.69 Å². The normalized spacial score (nSPS) is 10.7. The first kappa shape index (κ1) is 11.8. The second-order valence-electron chi connectivity index (χ2n) is 3.48. The minimum atomic E-state index is -0.182. The molecule has 0 saturated heterocycles. The molecular weight excluding hydrogens is 236 g/mol. The van der Waals surface area contributed by atoms with E-state index in [-0.39, 0.29) is 5.56 Å². The van der Waals surface area contributed by atoms with Gasteiger partial charge < -0.3 is 0 Å². The molecule has 0 unspecified atom stereocenters. The number of aryl methyl sites for hydroxylation is 1. The van der Waals surface area contributed by atoms with Crippen LogP contribution >= 0.6 is 11.8 Å². The second-order valence-corrected chi connectivity index (χ2v) is 4.25. The van der Waals surface area contributed by atoms with Gasteiger partial charge in [0, 0.05) is 6.20 Å². The fourth-order valence-corrected chi connectivity index (χ4v) is 1.90. The lowest BCUT2D eigenvalue weighted by Crippen LogP contribution is -2.24. The highest BCUT2D eigenvalue weighted by atomic mass is 32.2. The van der Waals surface area contributed by atoms with Crippen molar-refractivity contribution in [3.63, 3.8) is 0 Å². The van der Waals surface area contributed by atoms with Crippen molar-refractivity contribution in [1.82, 2.24) is 19.7 Å². The number of nitrogens with zero attached hydrogens (tertiary/aromatic N) is 4. The molecule has 88 valence electrons. The van der Waals surface area contributed by atoms with Crippen LogP contribution in [0.2, 0.25) is 0 Å². The van der Waals surface area contributed by atoms with Gasteiger partial charge in [-0.25, -0.2) is 14.6 Å². The van der Waals surface area contributed by atoms with E-state index in [9.17, 15) is 4.79 Å². The Kier molecular flexibility index (Phi) is 3.23. The monoisotopic (exact) mass is 248 g/mol. The first-order valence-corrected chi connectivity index (χ1v) is 6.29. The number of fused-ring (bicyclic) bond motifs is 1. The smallest absolute Gasteiger partial charge is 0.267 e. The zero-order valence-corrected chi connectivity index (χ0v) is 10.5. The van der Waals surface area contributed by atoms with Crippen LogP contribution in [0.4, 0.5) is 0 Å². The van der Waals surface area contributed by atoms with Crippen molar-refractivity contribution in [2.45, 2.75) is 18.6 Å². The molecule has 0 atom stereocenters. The average Bonchev–Trinajstić information content (AvgIpc) is 2.35. The van der Waals surface area contributed by atoms with E-state index in [2.05, 4.69) is 21.6 Å². The first-order chi connectivity index (χ1) is 8.17. The van der Waals surface area contributed by atoms with E-state index in [0.29, 0.717) is 22.6 Å². The molecule has 0 aliphatic heterocycles. The van der Waals surface area contributed by atoms with Gasteiger partial charge in [-0.05, 0) is 13.2 Å². The third kappa shape index (κ3) is 2.08. The Bertz CT molecular complexity index is 635. The van der Waals surface area contributed by atoms with E-state index in [1.54, 1.807) is 12.3 Å². The Morgan fingerprint density at radius 3 is 3.00 bits per heavy atom. The molecule has 5 nitrogen and oxygen atoms in total. The van der Waals surface area contributed by atoms with E-state index in [1.807, 2.05) is 13.2 Å².